The Labute approximate surface area is 122 Å². The summed E-state index contributed by atoms with van der Waals surface area (Å²) in [4.78, 5) is 20.0. The molecular formula is C13H10BrFN2OS. The van der Waals surface area contributed by atoms with Crippen molar-refractivity contribution in [1.82, 2.24) is 9.97 Å². The molecule has 0 radical (unpaired) electrons. The van der Waals surface area contributed by atoms with Crippen LogP contribution < -0.4 is 0 Å². The van der Waals surface area contributed by atoms with Gasteiger partial charge in [0.05, 0.1) is 5.69 Å². The van der Waals surface area contributed by atoms with Crippen LogP contribution in [-0.4, -0.2) is 22.0 Å². The SMILES string of the molecule is CSc1nccc(C(Br)C(=O)c2ccc(F)cc2)n1. The van der Waals surface area contributed by atoms with Crippen molar-refractivity contribution in [3.63, 3.8) is 0 Å². The summed E-state index contributed by atoms with van der Waals surface area (Å²) in [7, 11) is 0. The molecule has 1 atom stereocenters. The Bertz CT molecular complexity index is 591. The molecule has 2 aromatic rings. The third-order valence-electron chi connectivity index (χ3n) is 2.46. The lowest BCUT2D eigenvalue weighted by Crippen LogP contribution is -2.09. The first-order valence-corrected chi connectivity index (χ1v) is 7.56. The minimum Gasteiger partial charge on any atom is -0.292 e. The molecule has 19 heavy (non-hydrogen) atoms. The number of carbonyl (C=O) groups is 1. The number of halogens is 2. The summed E-state index contributed by atoms with van der Waals surface area (Å²) in [5.41, 5.74) is 1.03. The van der Waals surface area contributed by atoms with Crippen molar-refractivity contribution in [3.05, 3.63) is 53.6 Å². The van der Waals surface area contributed by atoms with E-state index in [2.05, 4.69) is 25.9 Å². The molecule has 1 aromatic heterocycles. The summed E-state index contributed by atoms with van der Waals surface area (Å²) in [5, 5.41) is 0.605. The Balaban J connectivity index is 2.25. The normalized spacial score (nSPS) is 12.2. The summed E-state index contributed by atoms with van der Waals surface area (Å²) < 4.78 is 12.8. The zero-order chi connectivity index (χ0) is 13.8. The van der Waals surface area contributed by atoms with Crippen molar-refractivity contribution in [2.75, 3.05) is 6.26 Å². The Morgan fingerprint density at radius 3 is 2.63 bits per heavy atom. The van der Waals surface area contributed by atoms with E-state index in [-0.39, 0.29) is 11.6 Å². The second-order valence-electron chi connectivity index (χ2n) is 3.70. The minimum atomic E-state index is -0.563. The van der Waals surface area contributed by atoms with Gasteiger partial charge in [0.1, 0.15) is 10.6 Å². The summed E-state index contributed by atoms with van der Waals surface area (Å²) in [5.74, 6) is -0.528. The van der Waals surface area contributed by atoms with Gasteiger partial charge in [-0.3, -0.25) is 4.79 Å². The number of carbonyl (C=O) groups excluding carboxylic acids is 1. The van der Waals surface area contributed by atoms with E-state index in [0.717, 1.165) is 0 Å². The van der Waals surface area contributed by atoms with E-state index in [4.69, 9.17) is 0 Å². The zero-order valence-electron chi connectivity index (χ0n) is 10.0. The Hall–Kier alpha value is -1.27. The maximum atomic E-state index is 12.8. The van der Waals surface area contributed by atoms with Gasteiger partial charge in [0.2, 0.25) is 0 Å². The quantitative estimate of drug-likeness (QED) is 0.368. The largest absolute Gasteiger partial charge is 0.292 e. The van der Waals surface area contributed by atoms with E-state index in [1.807, 2.05) is 6.26 Å². The van der Waals surface area contributed by atoms with Crippen molar-refractivity contribution in [2.24, 2.45) is 0 Å². The summed E-state index contributed by atoms with van der Waals surface area (Å²) in [6, 6.07) is 7.13. The van der Waals surface area contributed by atoms with Crippen molar-refractivity contribution in [1.29, 1.82) is 0 Å². The number of rotatable bonds is 4. The maximum Gasteiger partial charge on any atom is 0.187 e. The van der Waals surface area contributed by atoms with Crippen molar-refractivity contribution >= 4 is 33.5 Å². The smallest absolute Gasteiger partial charge is 0.187 e. The fourth-order valence-corrected chi connectivity index (χ4v) is 2.37. The third-order valence-corrected chi connectivity index (χ3v) is 3.90. The van der Waals surface area contributed by atoms with E-state index in [9.17, 15) is 9.18 Å². The van der Waals surface area contributed by atoms with Crippen LogP contribution in [0.3, 0.4) is 0 Å². The first-order chi connectivity index (χ1) is 9.11. The number of nitrogens with zero attached hydrogens (tertiary/aromatic N) is 2. The Kier molecular flexibility index (Phi) is 4.66. The molecule has 3 nitrogen and oxygen atoms in total. The van der Waals surface area contributed by atoms with Crippen molar-refractivity contribution in [3.8, 4) is 0 Å². The number of thioether (sulfide) groups is 1. The molecule has 6 heteroatoms. The second-order valence-corrected chi connectivity index (χ2v) is 5.39. The van der Waals surface area contributed by atoms with Crippen LogP contribution in [-0.2, 0) is 0 Å². The molecular weight excluding hydrogens is 331 g/mol. The van der Waals surface area contributed by atoms with E-state index < -0.39 is 4.83 Å². The maximum absolute atomic E-state index is 12.8. The molecule has 0 saturated carbocycles. The van der Waals surface area contributed by atoms with Crippen molar-refractivity contribution < 1.29 is 9.18 Å². The van der Waals surface area contributed by atoms with Gasteiger partial charge >= 0.3 is 0 Å². The monoisotopic (exact) mass is 340 g/mol. The van der Waals surface area contributed by atoms with Gasteiger partial charge in [0.25, 0.3) is 0 Å². The summed E-state index contributed by atoms with van der Waals surface area (Å²) >= 11 is 4.73. The van der Waals surface area contributed by atoms with Gasteiger partial charge < -0.3 is 0 Å². The fourth-order valence-electron chi connectivity index (χ4n) is 1.49. The third kappa shape index (κ3) is 3.39. The van der Waals surface area contributed by atoms with Crippen LogP contribution in [0.4, 0.5) is 4.39 Å². The lowest BCUT2D eigenvalue weighted by molar-refractivity contribution is 0.0990. The van der Waals surface area contributed by atoms with Crippen LogP contribution in [0.15, 0.2) is 41.7 Å². The lowest BCUT2D eigenvalue weighted by Gasteiger charge is -2.09. The molecule has 98 valence electrons. The van der Waals surface area contributed by atoms with Crippen LogP contribution in [0.5, 0.6) is 0 Å². The van der Waals surface area contributed by atoms with E-state index in [1.54, 1.807) is 12.3 Å². The molecule has 0 aliphatic heterocycles. The molecule has 0 amide bonds. The van der Waals surface area contributed by atoms with Crippen LogP contribution in [0.2, 0.25) is 0 Å². The molecule has 0 spiro atoms. The number of hydrogen-bond acceptors (Lipinski definition) is 4. The topological polar surface area (TPSA) is 42.9 Å². The predicted molar refractivity (Wildman–Crippen MR) is 76.2 cm³/mol. The number of Topliss-reactive ketones (excluding diaryl/α,β-unsaturated/α-hetero) is 1. The molecule has 0 N–H and O–H groups in total. The lowest BCUT2D eigenvalue weighted by atomic mass is 10.1. The number of aromatic nitrogens is 2. The summed E-state index contributed by atoms with van der Waals surface area (Å²) in [6.45, 7) is 0. The highest BCUT2D eigenvalue weighted by molar-refractivity contribution is 9.09. The Morgan fingerprint density at radius 1 is 1.32 bits per heavy atom. The predicted octanol–water partition coefficient (Wildman–Crippen LogP) is 3.66. The highest BCUT2D eigenvalue weighted by Gasteiger charge is 2.20. The molecule has 2 rings (SSSR count). The van der Waals surface area contributed by atoms with Gasteiger partial charge in [-0.05, 0) is 36.6 Å². The fraction of sp³-hybridized carbons (Fsp3) is 0.154. The van der Waals surface area contributed by atoms with E-state index in [1.165, 1.54) is 36.0 Å². The molecule has 0 saturated heterocycles. The zero-order valence-corrected chi connectivity index (χ0v) is 12.4. The number of ketones is 1. The molecule has 0 aliphatic carbocycles. The van der Waals surface area contributed by atoms with Gasteiger partial charge in [-0.25, -0.2) is 14.4 Å². The first-order valence-electron chi connectivity index (χ1n) is 5.42. The average molecular weight is 341 g/mol. The van der Waals surface area contributed by atoms with Gasteiger partial charge in [0, 0.05) is 11.8 Å². The van der Waals surface area contributed by atoms with Gasteiger partial charge in [-0.15, -0.1) is 0 Å². The van der Waals surface area contributed by atoms with Gasteiger partial charge in [0.15, 0.2) is 10.9 Å². The highest BCUT2D eigenvalue weighted by Crippen LogP contribution is 2.26. The van der Waals surface area contributed by atoms with Crippen LogP contribution in [0.1, 0.15) is 20.9 Å². The summed E-state index contributed by atoms with van der Waals surface area (Å²) in [6.07, 6.45) is 3.48. The second kappa shape index (κ2) is 6.25. The highest BCUT2D eigenvalue weighted by atomic mass is 79.9. The Morgan fingerprint density at radius 2 is 2.00 bits per heavy atom. The van der Waals surface area contributed by atoms with Crippen LogP contribution in [0, 0.1) is 5.82 Å². The molecule has 0 bridgehead atoms. The van der Waals surface area contributed by atoms with Crippen molar-refractivity contribution in [2.45, 2.75) is 9.98 Å². The molecule has 1 heterocycles. The van der Waals surface area contributed by atoms with Gasteiger partial charge in [-0.1, -0.05) is 27.7 Å². The molecule has 0 aliphatic rings. The van der Waals surface area contributed by atoms with E-state index in [0.29, 0.717) is 16.4 Å². The minimum absolute atomic E-state index is 0.161. The molecule has 1 unspecified atom stereocenters. The number of benzene rings is 1. The van der Waals surface area contributed by atoms with Gasteiger partial charge in [-0.2, -0.15) is 0 Å². The number of alkyl halides is 1. The average Bonchev–Trinajstić information content (AvgIpc) is 2.46. The molecule has 1 aromatic carbocycles. The van der Waals surface area contributed by atoms with E-state index >= 15 is 0 Å². The molecule has 0 fully saturated rings. The van der Waals surface area contributed by atoms with Crippen LogP contribution >= 0.6 is 27.7 Å². The van der Waals surface area contributed by atoms with Crippen LogP contribution in [0.25, 0.3) is 0 Å². The first kappa shape index (κ1) is 14.1. The standard InChI is InChI=1S/C13H10BrFN2OS/c1-19-13-16-7-6-10(17-13)11(14)12(18)8-2-4-9(15)5-3-8/h2-7,11H,1H3. The number of hydrogen-bond donors (Lipinski definition) is 0.